The van der Waals surface area contributed by atoms with Gasteiger partial charge in [-0.15, -0.1) is 12.4 Å². The van der Waals surface area contributed by atoms with Gasteiger partial charge in [-0.1, -0.05) is 56.3 Å². The number of hydrogen-bond acceptors (Lipinski definition) is 3. The van der Waals surface area contributed by atoms with Crippen LogP contribution in [0, 0.1) is 5.92 Å². The van der Waals surface area contributed by atoms with Crippen LogP contribution in [0.4, 0.5) is 5.69 Å². The summed E-state index contributed by atoms with van der Waals surface area (Å²) in [5, 5.41) is 3.67. The summed E-state index contributed by atoms with van der Waals surface area (Å²) >= 11 is 0. The minimum Gasteiger partial charge on any atom is -0.379 e. The van der Waals surface area contributed by atoms with Gasteiger partial charge >= 0.3 is 0 Å². The van der Waals surface area contributed by atoms with Crippen LogP contribution in [0.5, 0.6) is 0 Å². The van der Waals surface area contributed by atoms with Crippen molar-refractivity contribution < 1.29 is 4.74 Å². The molecule has 154 valence electrons. The molecule has 3 rings (SSSR count). The van der Waals surface area contributed by atoms with Gasteiger partial charge in [-0.3, -0.25) is 4.90 Å². The number of likely N-dealkylation sites (tertiary alicyclic amines) is 1. The van der Waals surface area contributed by atoms with Gasteiger partial charge in [-0.2, -0.15) is 0 Å². The zero-order valence-electron chi connectivity index (χ0n) is 17.4. The topological polar surface area (TPSA) is 24.5 Å². The van der Waals surface area contributed by atoms with Crippen LogP contribution in [0.15, 0.2) is 54.6 Å². The number of nitrogens with zero attached hydrogens (tertiary/aromatic N) is 1. The largest absolute Gasteiger partial charge is 0.379 e. The molecule has 0 saturated carbocycles. The summed E-state index contributed by atoms with van der Waals surface area (Å²) in [7, 11) is 0. The maximum Gasteiger partial charge on any atom is 0.130 e. The fourth-order valence-corrected chi connectivity index (χ4v) is 3.74. The molecule has 1 heterocycles. The number of benzene rings is 2. The van der Waals surface area contributed by atoms with Crippen LogP contribution < -0.4 is 5.32 Å². The minimum atomic E-state index is 0. The molecule has 28 heavy (non-hydrogen) atoms. The molecule has 3 nitrogen and oxygen atoms in total. The predicted molar refractivity (Wildman–Crippen MR) is 121 cm³/mol. The highest BCUT2D eigenvalue weighted by molar-refractivity contribution is 5.85. The Morgan fingerprint density at radius 3 is 2.11 bits per heavy atom. The molecule has 0 amide bonds. The highest BCUT2D eigenvalue weighted by Crippen LogP contribution is 2.20. The Morgan fingerprint density at radius 2 is 1.50 bits per heavy atom. The Hall–Kier alpha value is -1.55. The van der Waals surface area contributed by atoms with Gasteiger partial charge in [0.1, 0.15) is 6.23 Å². The summed E-state index contributed by atoms with van der Waals surface area (Å²) < 4.78 is 6.29. The second kappa shape index (κ2) is 11.5. The summed E-state index contributed by atoms with van der Waals surface area (Å²) in [5.41, 5.74) is 3.85. The number of anilines is 1. The van der Waals surface area contributed by atoms with Crippen LogP contribution >= 0.6 is 12.4 Å². The van der Waals surface area contributed by atoms with Crippen LogP contribution in [-0.2, 0) is 11.2 Å². The predicted octanol–water partition coefficient (Wildman–Crippen LogP) is 5.59. The van der Waals surface area contributed by atoms with Gasteiger partial charge in [0.05, 0.1) is 12.6 Å². The zero-order chi connectivity index (χ0) is 19.1. The van der Waals surface area contributed by atoms with Crippen molar-refractivity contribution in [1.82, 2.24) is 4.90 Å². The minimum absolute atomic E-state index is 0. The fourth-order valence-electron chi connectivity index (χ4n) is 3.74. The second-order valence-corrected chi connectivity index (χ2v) is 8.15. The first-order chi connectivity index (χ1) is 13.1. The molecule has 1 saturated heterocycles. The van der Waals surface area contributed by atoms with E-state index < -0.39 is 0 Å². The van der Waals surface area contributed by atoms with Gasteiger partial charge in [0, 0.05) is 18.8 Å². The summed E-state index contributed by atoms with van der Waals surface area (Å²) in [6.07, 6.45) is 3.68. The molecule has 1 fully saturated rings. The van der Waals surface area contributed by atoms with Crippen molar-refractivity contribution in [3.8, 4) is 0 Å². The number of halogens is 1. The van der Waals surface area contributed by atoms with Gasteiger partial charge < -0.3 is 10.1 Å². The van der Waals surface area contributed by atoms with Gasteiger partial charge in [0.15, 0.2) is 0 Å². The maximum atomic E-state index is 6.29. The normalized spacial score (nSPS) is 16.6. The molecule has 4 heteroatoms. The molecule has 1 N–H and O–H groups in total. The Labute approximate surface area is 176 Å². The molecule has 1 aliphatic heterocycles. The lowest BCUT2D eigenvalue weighted by molar-refractivity contribution is -0.0662. The smallest absolute Gasteiger partial charge is 0.130 e. The van der Waals surface area contributed by atoms with Crippen LogP contribution in [0.3, 0.4) is 0 Å². The van der Waals surface area contributed by atoms with Crippen LogP contribution in [-0.4, -0.2) is 36.9 Å². The van der Waals surface area contributed by atoms with Gasteiger partial charge in [-0.25, -0.2) is 0 Å². The van der Waals surface area contributed by atoms with E-state index in [-0.39, 0.29) is 24.7 Å². The Morgan fingerprint density at radius 1 is 0.893 bits per heavy atom. The lowest BCUT2D eigenvalue weighted by Gasteiger charge is -2.34. The first-order valence-electron chi connectivity index (χ1n) is 10.4. The second-order valence-electron chi connectivity index (χ2n) is 8.15. The number of nitrogens with one attached hydrogen (secondary N) is 1. The van der Waals surface area contributed by atoms with E-state index in [2.05, 4.69) is 85.6 Å². The first kappa shape index (κ1) is 22.7. The van der Waals surface area contributed by atoms with Crippen molar-refractivity contribution in [3.63, 3.8) is 0 Å². The Bertz CT molecular complexity index is 669. The molecule has 2 aromatic rings. The van der Waals surface area contributed by atoms with E-state index in [0.717, 1.165) is 31.8 Å². The number of ether oxygens (including phenoxy) is 1. The van der Waals surface area contributed by atoms with Gasteiger partial charge in [-0.05, 0) is 55.4 Å². The van der Waals surface area contributed by atoms with E-state index in [1.165, 1.54) is 24.0 Å². The Kier molecular flexibility index (Phi) is 9.30. The molecule has 0 bridgehead atoms. The molecule has 0 aromatic heterocycles. The standard InChI is InChI=1S/C24H34N2O.ClH/c1-19(2)18-27-24(26-15-7-8-16-26)20(3)25-23-13-11-22(12-14-23)17-21-9-5-4-6-10-21;/h4-6,9-14,19-20,24-25H,7-8,15-18H2,1-3H3;1H. The van der Waals surface area contributed by atoms with Crippen LogP contribution in [0.2, 0.25) is 0 Å². The van der Waals surface area contributed by atoms with E-state index >= 15 is 0 Å². The van der Waals surface area contributed by atoms with Crippen molar-refractivity contribution >= 4 is 18.1 Å². The van der Waals surface area contributed by atoms with Crippen molar-refractivity contribution in [2.45, 2.75) is 52.3 Å². The van der Waals surface area contributed by atoms with Crippen molar-refractivity contribution in [3.05, 3.63) is 65.7 Å². The first-order valence-corrected chi connectivity index (χ1v) is 10.4. The van der Waals surface area contributed by atoms with Crippen LogP contribution in [0.1, 0.15) is 44.7 Å². The molecular weight excluding hydrogens is 368 g/mol. The van der Waals surface area contributed by atoms with Crippen LogP contribution in [0.25, 0.3) is 0 Å². The average Bonchev–Trinajstić information content (AvgIpc) is 3.18. The summed E-state index contributed by atoms with van der Waals surface area (Å²) in [6.45, 7) is 9.76. The SMILES string of the molecule is CC(C)COC(C(C)Nc1ccc(Cc2ccccc2)cc1)N1CCCC1.Cl. The van der Waals surface area contributed by atoms with E-state index in [4.69, 9.17) is 4.74 Å². The highest BCUT2D eigenvalue weighted by Gasteiger charge is 2.27. The highest BCUT2D eigenvalue weighted by atomic mass is 35.5. The van der Waals surface area contributed by atoms with Crippen molar-refractivity contribution in [2.75, 3.05) is 25.0 Å². The molecular formula is C24H35ClN2O. The quantitative estimate of drug-likeness (QED) is 0.591. The van der Waals surface area contributed by atoms with Gasteiger partial charge in [0.25, 0.3) is 0 Å². The van der Waals surface area contributed by atoms with Crippen molar-refractivity contribution in [1.29, 1.82) is 0 Å². The van der Waals surface area contributed by atoms with E-state index in [0.29, 0.717) is 5.92 Å². The third-order valence-electron chi connectivity index (χ3n) is 5.13. The summed E-state index contributed by atoms with van der Waals surface area (Å²) in [5.74, 6) is 0.555. The summed E-state index contributed by atoms with van der Waals surface area (Å²) in [4.78, 5) is 2.49. The molecule has 2 unspecified atom stereocenters. The summed E-state index contributed by atoms with van der Waals surface area (Å²) in [6, 6.07) is 19.7. The molecule has 0 aliphatic carbocycles. The lowest BCUT2D eigenvalue weighted by Crippen LogP contribution is -2.46. The lowest BCUT2D eigenvalue weighted by atomic mass is 10.0. The number of rotatable bonds is 9. The third-order valence-corrected chi connectivity index (χ3v) is 5.13. The van der Waals surface area contributed by atoms with E-state index in [1.807, 2.05) is 0 Å². The maximum absolute atomic E-state index is 6.29. The molecule has 0 radical (unpaired) electrons. The monoisotopic (exact) mass is 402 g/mol. The number of hydrogen-bond donors (Lipinski definition) is 1. The Balaban J connectivity index is 0.00000280. The fraction of sp³-hybridized carbons (Fsp3) is 0.500. The van der Waals surface area contributed by atoms with E-state index in [1.54, 1.807) is 0 Å². The van der Waals surface area contributed by atoms with E-state index in [9.17, 15) is 0 Å². The van der Waals surface area contributed by atoms with Gasteiger partial charge in [0.2, 0.25) is 0 Å². The third kappa shape index (κ3) is 6.80. The molecule has 0 spiro atoms. The molecule has 2 atom stereocenters. The molecule has 2 aromatic carbocycles. The molecule has 1 aliphatic rings. The average molecular weight is 403 g/mol. The van der Waals surface area contributed by atoms with Crippen molar-refractivity contribution in [2.24, 2.45) is 5.92 Å². The zero-order valence-corrected chi connectivity index (χ0v) is 18.3.